The van der Waals surface area contributed by atoms with E-state index in [-0.39, 0.29) is 11.9 Å². The summed E-state index contributed by atoms with van der Waals surface area (Å²) in [4.78, 5) is 18.0. The summed E-state index contributed by atoms with van der Waals surface area (Å²) < 4.78 is 0. The fourth-order valence-corrected chi connectivity index (χ4v) is 2.39. The molecule has 1 aromatic rings. The number of hydrogen-bond acceptors (Lipinski definition) is 4. The van der Waals surface area contributed by atoms with E-state index < -0.39 is 0 Å². The Hall–Kier alpha value is -1.69. The van der Waals surface area contributed by atoms with Crippen LogP contribution >= 0.6 is 12.2 Å². The molecule has 1 aliphatic rings. The van der Waals surface area contributed by atoms with Crippen LogP contribution in [0.2, 0.25) is 0 Å². The van der Waals surface area contributed by atoms with Crippen LogP contribution in [0.3, 0.4) is 0 Å². The van der Waals surface area contributed by atoms with E-state index in [0.29, 0.717) is 10.7 Å². The summed E-state index contributed by atoms with van der Waals surface area (Å²) in [6.45, 7) is 3.30. The summed E-state index contributed by atoms with van der Waals surface area (Å²) in [7, 11) is 0. The van der Waals surface area contributed by atoms with Crippen LogP contribution < -0.4 is 16.0 Å². The van der Waals surface area contributed by atoms with Crippen LogP contribution in [-0.4, -0.2) is 35.0 Å². The highest BCUT2D eigenvalue weighted by Gasteiger charge is 2.20. The van der Waals surface area contributed by atoms with Gasteiger partial charge in [0.25, 0.3) is 0 Å². The van der Waals surface area contributed by atoms with Gasteiger partial charge in [-0.05, 0) is 25.0 Å². The number of nitrogens with zero attached hydrogens (tertiary/aromatic N) is 2. The molecular weight excluding hydrogens is 260 g/mol. The quantitative estimate of drug-likeness (QED) is 0.801. The predicted molar refractivity (Wildman–Crippen MR) is 79.2 cm³/mol. The molecule has 19 heavy (non-hydrogen) atoms. The number of piperidine rings is 1. The zero-order chi connectivity index (χ0) is 13.8. The Morgan fingerprint density at radius 3 is 2.74 bits per heavy atom. The van der Waals surface area contributed by atoms with Crippen molar-refractivity contribution in [1.82, 2.24) is 10.3 Å². The Bertz CT molecular complexity index is 483. The van der Waals surface area contributed by atoms with Gasteiger partial charge in [-0.15, -0.1) is 0 Å². The molecule has 2 rings (SSSR count). The van der Waals surface area contributed by atoms with E-state index in [9.17, 15) is 4.79 Å². The van der Waals surface area contributed by atoms with Crippen LogP contribution in [0, 0.1) is 0 Å². The van der Waals surface area contributed by atoms with Crippen molar-refractivity contribution in [2.75, 3.05) is 18.0 Å². The Kier molecular flexibility index (Phi) is 4.31. The number of aromatic nitrogens is 1. The lowest BCUT2D eigenvalue weighted by Crippen LogP contribution is -2.44. The average molecular weight is 278 g/mol. The average Bonchev–Trinajstić information content (AvgIpc) is 2.39. The molecule has 0 aromatic carbocycles. The van der Waals surface area contributed by atoms with Crippen molar-refractivity contribution >= 4 is 28.9 Å². The molecule has 1 amide bonds. The Morgan fingerprint density at radius 2 is 2.16 bits per heavy atom. The van der Waals surface area contributed by atoms with Gasteiger partial charge in [-0.25, -0.2) is 4.98 Å². The smallest absolute Gasteiger partial charge is 0.217 e. The third-order valence-electron chi connectivity index (χ3n) is 3.21. The normalized spacial score (nSPS) is 16.2. The molecule has 0 radical (unpaired) electrons. The Morgan fingerprint density at radius 1 is 1.47 bits per heavy atom. The number of carbonyl (C=O) groups is 1. The van der Waals surface area contributed by atoms with Crippen LogP contribution in [-0.2, 0) is 4.79 Å². The predicted octanol–water partition coefficient (Wildman–Crippen LogP) is 0.821. The minimum absolute atomic E-state index is 0.0343. The molecule has 102 valence electrons. The second kappa shape index (κ2) is 5.97. The van der Waals surface area contributed by atoms with Gasteiger partial charge in [-0.2, -0.15) is 0 Å². The van der Waals surface area contributed by atoms with E-state index in [0.717, 1.165) is 31.7 Å². The highest BCUT2D eigenvalue weighted by Crippen LogP contribution is 2.18. The van der Waals surface area contributed by atoms with E-state index in [2.05, 4.69) is 15.2 Å². The highest BCUT2D eigenvalue weighted by molar-refractivity contribution is 7.80. The van der Waals surface area contributed by atoms with Gasteiger partial charge in [0, 0.05) is 26.1 Å². The van der Waals surface area contributed by atoms with E-state index in [1.165, 1.54) is 0 Å². The summed E-state index contributed by atoms with van der Waals surface area (Å²) >= 11 is 4.94. The molecule has 5 nitrogen and oxygen atoms in total. The molecule has 0 unspecified atom stereocenters. The number of pyridine rings is 1. The van der Waals surface area contributed by atoms with Crippen molar-refractivity contribution in [2.24, 2.45) is 5.73 Å². The first-order valence-electron chi connectivity index (χ1n) is 6.35. The number of amides is 1. The van der Waals surface area contributed by atoms with Crippen molar-refractivity contribution in [2.45, 2.75) is 25.8 Å². The molecular formula is C13H18N4OS. The SMILES string of the molecule is CC(=O)NC1CCN(c2cccc(C(N)=S)n2)CC1. The maximum absolute atomic E-state index is 11.0. The van der Waals surface area contributed by atoms with Crippen LogP contribution in [0.4, 0.5) is 5.82 Å². The summed E-state index contributed by atoms with van der Waals surface area (Å²) in [6.07, 6.45) is 1.86. The van der Waals surface area contributed by atoms with Crippen molar-refractivity contribution in [3.8, 4) is 0 Å². The summed E-state index contributed by atoms with van der Waals surface area (Å²) in [5.41, 5.74) is 6.24. The first-order valence-corrected chi connectivity index (χ1v) is 6.76. The van der Waals surface area contributed by atoms with Crippen LogP contribution in [0.5, 0.6) is 0 Å². The van der Waals surface area contributed by atoms with Crippen molar-refractivity contribution in [3.05, 3.63) is 23.9 Å². The monoisotopic (exact) mass is 278 g/mol. The first kappa shape index (κ1) is 13.7. The van der Waals surface area contributed by atoms with E-state index in [1.807, 2.05) is 18.2 Å². The summed E-state index contributed by atoms with van der Waals surface area (Å²) in [6, 6.07) is 5.96. The maximum Gasteiger partial charge on any atom is 0.217 e. The molecule has 0 aliphatic carbocycles. The van der Waals surface area contributed by atoms with Gasteiger partial charge in [0.1, 0.15) is 10.8 Å². The topological polar surface area (TPSA) is 71.2 Å². The minimum atomic E-state index is 0.0343. The van der Waals surface area contributed by atoms with Gasteiger partial charge in [-0.1, -0.05) is 18.3 Å². The summed E-state index contributed by atoms with van der Waals surface area (Å²) in [5, 5.41) is 2.96. The Labute approximate surface area is 118 Å². The second-order valence-electron chi connectivity index (χ2n) is 4.71. The molecule has 6 heteroatoms. The fourth-order valence-electron chi connectivity index (χ4n) is 2.28. The van der Waals surface area contributed by atoms with Gasteiger partial charge in [0.2, 0.25) is 5.91 Å². The number of carbonyl (C=O) groups excluding carboxylic acids is 1. The van der Waals surface area contributed by atoms with Crippen LogP contribution in [0.15, 0.2) is 18.2 Å². The van der Waals surface area contributed by atoms with Crippen molar-refractivity contribution in [3.63, 3.8) is 0 Å². The maximum atomic E-state index is 11.0. The standard InChI is InChI=1S/C13H18N4OS/c1-9(18)15-10-5-7-17(8-6-10)12-4-2-3-11(16-12)13(14)19/h2-4,10H,5-8H2,1H3,(H2,14,19)(H,15,18). The molecule has 1 saturated heterocycles. The second-order valence-corrected chi connectivity index (χ2v) is 5.15. The Balaban J connectivity index is 1.99. The molecule has 1 aliphatic heterocycles. The third kappa shape index (κ3) is 3.64. The third-order valence-corrected chi connectivity index (χ3v) is 3.42. The molecule has 2 heterocycles. The lowest BCUT2D eigenvalue weighted by Gasteiger charge is -2.33. The lowest BCUT2D eigenvalue weighted by molar-refractivity contribution is -0.119. The fraction of sp³-hybridized carbons (Fsp3) is 0.462. The van der Waals surface area contributed by atoms with Gasteiger partial charge in [0.15, 0.2) is 0 Å². The molecule has 0 bridgehead atoms. The van der Waals surface area contributed by atoms with Crippen molar-refractivity contribution < 1.29 is 4.79 Å². The molecule has 0 saturated carbocycles. The van der Waals surface area contributed by atoms with E-state index in [1.54, 1.807) is 6.92 Å². The zero-order valence-corrected chi connectivity index (χ0v) is 11.7. The van der Waals surface area contributed by atoms with Gasteiger partial charge < -0.3 is 16.0 Å². The first-order chi connectivity index (χ1) is 9.06. The van der Waals surface area contributed by atoms with Gasteiger partial charge >= 0.3 is 0 Å². The van der Waals surface area contributed by atoms with E-state index in [4.69, 9.17) is 18.0 Å². The van der Waals surface area contributed by atoms with Gasteiger partial charge in [-0.3, -0.25) is 4.79 Å². The summed E-state index contributed by atoms with van der Waals surface area (Å²) in [5.74, 6) is 0.929. The number of thiocarbonyl (C=S) groups is 1. The highest BCUT2D eigenvalue weighted by atomic mass is 32.1. The van der Waals surface area contributed by atoms with Crippen LogP contribution in [0.25, 0.3) is 0 Å². The van der Waals surface area contributed by atoms with Crippen molar-refractivity contribution in [1.29, 1.82) is 0 Å². The largest absolute Gasteiger partial charge is 0.388 e. The zero-order valence-electron chi connectivity index (χ0n) is 10.9. The van der Waals surface area contributed by atoms with Gasteiger partial charge in [0.05, 0.1) is 5.69 Å². The number of anilines is 1. The molecule has 3 N–H and O–H groups in total. The van der Waals surface area contributed by atoms with Crippen LogP contribution in [0.1, 0.15) is 25.5 Å². The molecule has 0 atom stereocenters. The lowest BCUT2D eigenvalue weighted by atomic mass is 10.1. The number of nitrogens with one attached hydrogen (secondary N) is 1. The molecule has 1 aromatic heterocycles. The number of hydrogen-bond donors (Lipinski definition) is 2. The van der Waals surface area contributed by atoms with E-state index >= 15 is 0 Å². The number of rotatable bonds is 3. The minimum Gasteiger partial charge on any atom is -0.388 e. The molecule has 1 fully saturated rings. The molecule has 0 spiro atoms. The number of nitrogens with two attached hydrogens (primary N) is 1.